The molecular formula is C16H15ClN2O3. The Kier molecular flexibility index (Phi) is 4.29. The molecule has 0 aliphatic rings. The fraction of sp³-hybridized carbons (Fsp3) is 0.188. The highest BCUT2D eigenvalue weighted by Crippen LogP contribution is 2.27. The summed E-state index contributed by atoms with van der Waals surface area (Å²) in [5.41, 5.74) is 3.01. The maximum Gasteiger partial charge on any atom is 0.227 e. The minimum Gasteiger partial charge on any atom is -0.436 e. The van der Waals surface area contributed by atoms with Gasteiger partial charge in [-0.25, -0.2) is 4.98 Å². The quantitative estimate of drug-likeness (QED) is 0.674. The lowest BCUT2D eigenvalue weighted by molar-refractivity contribution is 0.105. The molecule has 5 nitrogen and oxygen atoms in total. The van der Waals surface area contributed by atoms with Gasteiger partial charge in [0.05, 0.1) is 12.7 Å². The number of aliphatic hydroxyl groups excluding tert-OH is 2. The van der Waals surface area contributed by atoms with Crippen molar-refractivity contribution in [1.82, 2.24) is 4.98 Å². The normalized spacial score (nSPS) is 12.5. The Morgan fingerprint density at radius 3 is 2.91 bits per heavy atom. The first-order valence-corrected chi connectivity index (χ1v) is 7.23. The predicted octanol–water partition coefficient (Wildman–Crippen LogP) is 2.91. The molecule has 1 atom stereocenters. The van der Waals surface area contributed by atoms with Crippen LogP contribution in [-0.4, -0.2) is 34.5 Å². The van der Waals surface area contributed by atoms with Gasteiger partial charge in [-0.15, -0.1) is 0 Å². The SMILES string of the molecule is OCC(O)CNc1cccc(-c2nc3ccc(Cl)cc3o2)c1. The Hall–Kier alpha value is -2.08. The molecule has 3 N–H and O–H groups in total. The van der Waals surface area contributed by atoms with Crippen molar-refractivity contribution in [3.8, 4) is 11.5 Å². The molecule has 6 heteroatoms. The minimum atomic E-state index is -0.796. The van der Waals surface area contributed by atoms with E-state index >= 15 is 0 Å². The number of fused-ring (bicyclic) bond motifs is 1. The Morgan fingerprint density at radius 1 is 1.23 bits per heavy atom. The van der Waals surface area contributed by atoms with Crippen molar-refractivity contribution in [2.24, 2.45) is 0 Å². The smallest absolute Gasteiger partial charge is 0.227 e. The van der Waals surface area contributed by atoms with Gasteiger partial charge in [-0.05, 0) is 30.3 Å². The first kappa shape index (κ1) is 14.8. The zero-order valence-corrected chi connectivity index (χ0v) is 12.4. The molecule has 2 aromatic carbocycles. The Morgan fingerprint density at radius 2 is 2.09 bits per heavy atom. The average molecular weight is 319 g/mol. The van der Waals surface area contributed by atoms with E-state index in [9.17, 15) is 5.11 Å². The monoisotopic (exact) mass is 318 g/mol. The number of hydrogen-bond acceptors (Lipinski definition) is 5. The molecular weight excluding hydrogens is 304 g/mol. The second-order valence-electron chi connectivity index (χ2n) is 4.93. The van der Waals surface area contributed by atoms with Gasteiger partial charge < -0.3 is 19.9 Å². The van der Waals surface area contributed by atoms with Crippen LogP contribution in [0.5, 0.6) is 0 Å². The maximum atomic E-state index is 9.37. The molecule has 22 heavy (non-hydrogen) atoms. The van der Waals surface area contributed by atoms with Crippen molar-refractivity contribution < 1.29 is 14.6 Å². The van der Waals surface area contributed by atoms with E-state index in [4.69, 9.17) is 21.1 Å². The molecule has 0 saturated heterocycles. The average Bonchev–Trinajstić information content (AvgIpc) is 2.96. The van der Waals surface area contributed by atoms with Crippen LogP contribution in [0.2, 0.25) is 5.02 Å². The first-order valence-electron chi connectivity index (χ1n) is 6.85. The first-order chi connectivity index (χ1) is 10.7. The summed E-state index contributed by atoms with van der Waals surface area (Å²) >= 11 is 5.94. The van der Waals surface area contributed by atoms with Gasteiger partial charge in [0, 0.05) is 28.9 Å². The molecule has 0 saturated carbocycles. The van der Waals surface area contributed by atoms with Crippen molar-refractivity contribution in [3.63, 3.8) is 0 Å². The van der Waals surface area contributed by atoms with Crippen LogP contribution in [0.4, 0.5) is 5.69 Å². The van der Waals surface area contributed by atoms with Crippen LogP contribution in [0, 0.1) is 0 Å². The maximum absolute atomic E-state index is 9.37. The summed E-state index contributed by atoms with van der Waals surface area (Å²) in [7, 11) is 0. The van der Waals surface area contributed by atoms with E-state index in [-0.39, 0.29) is 13.2 Å². The van der Waals surface area contributed by atoms with Crippen molar-refractivity contribution in [2.75, 3.05) is 18.5 Å². The van der Waals surface area contributed by atoms with Crippen LogP contribution in [0.3, 0.4) is 0 Å². The largest absolute Gasteiger partial charge is 0.436 e. The van der Waals surface area contributed by atoms with Crippen molar-refractivity contribution in [3.05, 3.63) is 47.5 Å². The summed E-state index contributed by atoms with van der Waals surface area (Å²) in [5, 5.41) is 21.8. The lowest BCUT2D eigenvalue weighted by Gasteiger charge is -2.10. The van der Waals surface area contributed by atoms with E-state index in [0.29, 0.717) is 16.5 Å². The van der Waals surface area contributed by atoms with E-state index in [1.54, 1.807) is 12.1 Å². The lowest BCUT2D eigenvalue weighted by atomic mass is 10.2. The van der Waals surface area contributed by atoms with Crippen LogP contribution >= 0.6 is 11.6 Å². The summed E-state index contributed by atoms with van der Waals surface area (Å²) in [6, 6.07) is 12.8. The standard InChI is InChI=1S/C16H15ClN2O3/c17-11-4-5-14-15(7-11)22-16(19-14)10-2-1-3-12(6-10)18-8-13(21)9-20/h1-7,13,18,20-21H,8-9H2. The molecule has 0 bridgehead atoms. The predicted molar refractivity (Wildman–Crippen MR) is 86.0 cm³/mol. The van der Waals surface area contributed by atoms with Gasteiger partial charge in [-0.2, -0.15) is 0 Å². The molecule has 0 fully saturated rings. The number of nitrogens with one attached hydrogen (secondary N) is 1. The number of aromatic nitrogens is 1. The van der Waals surface area contributed by atoms with Gasteiger partial charge in [0.2, 0.25) is 5.89 Å². The molecule has 1 heterocycles. The lowest BCUT2D eigenvalue weighted by Crippen LogP contribution is -2.22. The van der Waals surface area contributed by atoms with Crippen LogP contribution in [0.25, 0.3) is 22.6 Å². The third kappa shape index (κ3) is 3.22. The molecule has 0 aliphatic carbocycles. The number of hydrogen-bond donors (Lipinski definition) is 3. The summed E-state index contributed by atoms with van der Waals surface area (Å²) in [4.78, 5) is 4.43. The molecule has 1 unspecified atom stereocenters. The van der Waals surface area contributed by atoms with Crippen LogP contribution in [-0.2, 0) is 0 Å². The second-order valence-corrected chi connectivity index (χ2v) is 5.37. The Labute approximate surface area is 132 Å². The minimum absolute atomic E-state index is 0.267. The highest BCUT2D eigenvalue weighted by Gasteiger charge is 2.09. The number of halogens is 1. The zero-order valence-electron chi connectivity index (χ0n) is 11.7. The van der Waals surface area contributed by atoms with E-state index < -0.39 is 6.10 Å². The van der Waals surface area contributed by atoms with Gasteiger partial charge in [0.25, 0.3) is 0 Å². The van der Waals surface area contributed by atoms with Crippen molar-refractivity contribution in [1.29, 1.82) is 0 Å². The zero-order chi connectivity index (χ0) is 15.5. The van der Waals surface area contributed by atoms with E-state index in [1.807, 2.05) is 30.3 Å². The van der Waals surface area contributed by atoms with Crippen molar-refractivity contribution in [2.45, 2.75) is 6.10 Å². The number of anilines is 1. The van der Waals surface area contributed by atoms with Gasteiger partial charge in [-0.1, -0.05) is 17.7 Å². The summed E-state index contributed by atoms with van der Waals surface area (Å²) in [5.74, 6) is 0.503. The Bertz CT molecular complexity index is 788. The summed E-state index contributed by atoms with van der Waals surface area (Å²) in [6.45, 7) is -0.0122. The number of oxazole rings is 1. The molecule has 0 amide bonds. The van der Waals surface area contributed by atoms with Crippen LogP contribution in [0.1, 0.15) is 0 Å². The molecule has 0 radical (unpaired) electrons. The number of rotatable bonds is 5. The highest BCUT2D eigenvalue weighted by atomic mass is 35.5. The van der Waals surface area contributed by atoms with Crippen LogP contribution < -0.4 is 5.32 Å². The van der Waals surface area contributed by atoms with Gasteiger partial charge in [-0.3, -0.25) is 0 Å². The summed E-state index contributed by atoms with van der Waals surface area (Å²) in [6.07, 6.45) is -0.796. The molecule has 3 rings (SSSR count). The fourth-order valence-electron chi connectivity index (χ4n) is 2.08. The second kappa shape index (κ2) is 6.36. The Balaban J connectivity index is 1.86. The van der Waals surface area contributed by atoms with Gasteiger partial charge in [0.1, 0.15) is 5.52 Å². The number of aliphatic hydroxyl groups is 2. The van der Waals surface area contributed by atoms with Crippen molar-refractivity contribution >= 4 is 28.4 Å². The number of benzene rings is 2. The van der Waals surface area contributed by atoms with E-state index in [1.165, 1.54) is 0 Å². The van der Waals surface area contributed by atoms with Gasteiger partial charge >= 0.3 is 0 Å². The molecule has 3 aromatic rings. The van der Waals surface area contributed by atoms with Crippen LogP contribution in [0.15, 0.2) is 46.9 Å². The molecule has 0 spiro atoms. The fourth-order valence-corrected chi connectivity index (χ4v) is 2.25. The highest BCUT2D eigenvalue weighted by molar-refractivity contribution is 6.31. The third-order valence-corrected chi connectivity index (χ3v) is 3.45. The van der Waals surface area contributed by atoms with E-state index in [0.717, 1.165) is 16.8 Å². The summed E-state index contributed by atoms with van der Waals surface area (Å²) < 4.78 is 5.72. The number of nitrogens with zero attached hydrogens (tertiary/aromatic N) is 1. The molecule has 114 valence electrons. The molecule has 0 aliphatic heterocycles. The van der Waals surface area contributed by atoms with E-state index in [2.05, 4.69) is 10.3 Å². The third-order valence-electron chi connectivity index (χ3n) is 3.21. The molecule has 1 aromatic heterocycles. The topological polar surface area (TPSA) is 78.5 Å². The van der Waals surface area contributed by atoms with Gasteiger partial charge in [0.15, 0.2) is 5.58 Å².